The molecule has 2 unspecified atom stereocenters. The van der Waals surface area contributed by atoms with E-state index in [1.54, 1.807) is 0 Å². The number of rotatable bonds is 9. The molecule has 0 saturated carbocycles. The first-order valence-corrected chi connectivity index (χ1v) is 12.6. The highest BCUT2D eigenvalue weighted by atomic mass is 35.5. The van der Waals surface area contributed by atoms with Crippen LogP contribution >= 0.6 is 35.1 Å². The lowest BCUT2D eigenvalue weighted by Crippen LogP contribution is -2.38. The predicted octanol–water partition coefficient (Wildman–Crippen LogP) is 0.166. The van der Waals surface area contributed by atoms with Gasteiger partial charge in [0.05, 0.1) is 12.5 Å². The third-order valence-electron chi connectivity index (χ3n) is 3.54. The van der Waals surface area contributed by atoms with Crippen LogP contribution in [-0.4, -0.2) is 47.2 Å². The molecular formula is C10H16ClN2O13P3. The summed E-state index contributed by atoms with van der Waals surface area (Å²) in [6.45, 7) is -0.755. The summed E-state index contributed by atoms with van der Waals surface area (Å²) in [5.74, 6) is -0.294. The predicted molar refractivity (Wildman–Crippen MR) is 93.9 cm³/mol. The average molecular weight is 501 g/mol. The van der Waals surface area contributed by atoms with Gasteiger partial charge in [-0.3, -0.25) is 18.9 Å². The molecule has 29 heavy (non-hydrogen) atoms. The van der Waals surface area contributed by atoms with Gasteiger partial charge in [0.2, 0.25) is 0 Å². The Balaban J connectivity index is 2.07. The third-order valence-corrected chi connectivity index (χ3v) is 7.81. The highest BCUT2D eigenvalue weighted by Crippen LogP contribution is 2.66. The van der Waals surface area contributed by atoms with Crippen LogP contribution < -0.4 is 11.2 Å². The maximum Gasteiger partial charge on any atom is 0.490 e. The number of aromatic nitrogens is 2. The average Bonchev–Trinajstić information content (AvgIpc) is 2.94. The Kier molecular flexibility index (Phi) is 7.50. The summed E-state index contributed by atoms with van der Waals surface area (Å²) in [6, 6.07) is 1.08. The van der Waals surface area contributed by atoms with Crippen molar-refractivity contribution in [2.75, 3.05) is 12.5 Å². The first-order valence-electron chi connectivity index (χ1n) is 7.50. The Morgan fingerprint density at radius 2 is 1.86 bits per heavy atom. The highest BCUT2D eigenvalue weighted by molar-refractivity contribution is 7.66. The smallest absolute Gasteiger partial charge is 0.348 e. The van der Waals surface area contributed by atoms with Crippen LogP contribution in [-0.2, 0) is 31.6 Å². The van der Waals surface area contributed by atoms with Crippen molar-refractivity contribution in [1.82, 2.24) is 9.55 Å². The van der Waals surface area contributed by atoms with Crippen LogP contribution in [0.3, 0.4) is 0 Å². The largest absolute Gasteiger partial charge is 0.490 e. The van der Waals surface area contributed by atoms with Crippen molar-refractivity contribution < 1.29 is 51.2 Å². The lowest BCUT2D eigenvalue weighted by Gasteiger charge is -2.28. The molecule has 0 radical (unpaired) electrons. The number of nitrogens with zero attached hydrogens (tertiary/aromatic N) is 1. The monoisotopic (exact) mass is 500 g/mol. The van der Waals surface area contributed by atoms with Gasteiger partial charge in [0, 0.05) is 12.3 Å². The van der Waals surface area contributed by atoms with E-state index in [1.807, 2.05) is 4.98 Å². The van der Waals surface area contributed by atoms with E-state index >= 15 is 0 Å². The highest BCUT2D eigenvalue weighted by Gasteiger charge is 2.45. The topological polar surface area (TPSA) is 224 Å². The molecule has 1 aliphatic rings. The van der Waals surface area contributed by atoms with Crippen molar-refractivity contribution in [2.24, 2.45) is 0 Å². The molecule has 5 N–H and O–H groups in total. The van der Waals surface area contributed by atoms with Gasteiger partial charge in [0.25, 0.3) is 5.56 Å². The minimum atomic E-state index is -5.65. The third kappa shape index (κ3) is 7.21. The zero-order chi connectivity index (χ0) is 22.1. The Hall–Kier alpha value is -0.660. The minimum absolute atomic E-state index is 0.114. The van der Waals surface area contributed by atoms with E-state index in [-0.39, 0.29) is 18.7 Å². The van der Waals surface area contributed by atoms with Crippen LogP contribution in [0.4, 0.5) is 0 Å². The lowest BCUT2D eigenvalue weighted by atomic mass is 10.0. The molecule has 1 saturated heterocycles. The Labute approximate surface area is 166 Å². The van der Waals surface area contributed by atoms with E-state index in [0.29, 0.717) is 0 Å². The summed E-state index contributed by atoms with van der Waals surface area (Å²) in [5.41, 5.74) is -2.81. The van der Waals surface area contributed by atoms with Gasteiger partial charge in [0.1, 0.15) is 11.8 Å². The number of aromatic amines is 1. The van der Waals surface area contributed by atoms with Gasteiger partial charge in [0.15, 0.2) is 0 Å². The Morgan fingerprint density at radius 1 is 1.21 bits per heavy atom. The number of halogens is 1. The zero-order valence-electron chi connectivity index (χ0n) is 14.2. The molecule has 1 aromatic heterocycles. The van der Waals surface area contributed by atoms with Gasteiger partial charge in [-0.1, -0.05) is 0 Å². The molecule has 0 aliphatic carbocycles. The lowest BCUT2D eigenvalue weighted by molar-refractivity contribution is -0.0844. The molecular weight excluding hydrogens is 484 g/mol. The normalized spacial score (nSPS) is 26.7. The SMILES string of the molecule is O=c1ccn([C@H]2CC[C@@](CCl)(COP(=O)(O)OP(=O)(O)OP(=O)(O)O)O2)c(=O)[nH]1. The van der Waals surface area contributed by atoms with E-state index in [4.69, 9.17) is 31.0 Å². The van der Waals surface area contributed by atoms with Gasteiger partial charge in [-0.25, -0.2) is 18.5 Å². The van der Waals surface area contributed by atoms with Gasteiger partial charge >= 0.3 is 29.2 Å². The van der Waals surface area contributed by atoms with E-state index < -0.39 is 53.2 Å². The maximum absolute atomic E-state index is 11.8. The fourth-order valence-corrected chi connectivity index (χ4v) is 5.76. The van der Waals surface area contributed by atoms with E-state index in [2.05, 4.69) is 13.1 Å². The van der Waals surface area contributed by atoms with Crippen molar-refractivity contribution in [3.63, 3.8) is 0 Å². The second kappa shape index (κ2) is 8.83. The van der Waals surface area contributed by atoms with Crippen LogP contribution in [0.1, 0.15) is 19.1 Å². The summed E-state index contributed by atoms with van der Waals surface area (Å²) in [6.07, 6.45) is 0.585. The Morgan fingerprint density at radius 3 is 2.41 bits per heavy atom. The quantitative estimate of drug-likeness (QED) is 0.225. The summed E-state index contributed by atoms with van der Waals surface area (Å²) < 4.78 is 52.2. The van der Waals surface area contributed by atoms with Crippen molar-refractivity contribution in [3.8, 4) is 0 Å². The molecule has 1 aliphatic heterocycles. The van der Waals surface area contributed by atoms with Gasteiger partial charge < -0.3 is 24.3 Å². The molecule has 1 fully saturated rings. The second-order valence-electron chi connectivity index (χ2n) is 5.81. The maximum atomic E-state index is 11.8. The molecule has 0 bridgehead atoms. The van der Waals surface area contributed by atoms with Crippen molar-refractivity contribution in [2.45, 2.75) is 24.7 Å². The van der Waals surface area contributed by atoms with Crippen LogP contribution in [0.15, 0.2) is 21.9 Å². The van der Waals surface area contributed by atoms with E-state index in [1.165, 1.54) is 6.20 Å². The number of phosphoric ester groups is 1. The molecule has 0 amide bonds. The molecule has 0 spiro atoms. The number of hydrogen-bond acceptors (Lipinski definition) is 9. The molecule has 166 valence electrons. The first-order chi connectivity index (χ1) is 13.2. The molecule has 15 nitrogen and oxygen atoms in total. The second-order valence-corrected chi connectivity index (χ2v) is 10.5. The van der Waals surface area contributed by atoms with Crippen LogP contribution in [0.2, 0.25) is 0 Å². The Bertz CT molecular complexity index is 1000. The minimum Gasteiger partial charge on any atom is -0.348 e. The number of nitrogens with one attached hydrogen (secondary N) is 1. The first kappa shape index (κ1) is 24.6. The molecule has 0 aromatic carbocycles. The molecule has 2 heterocycles. The fraction of sp³-hybridized carbons (Fsp3) is 0.600. The molecule has 4 atom stereocenters. The van der Waals surface area contributed by atoms with Crippen LogP contribution in [0.5, 0.6) is 0 Å². The van der Waals surface area contributed by atoms with E-state index in [0.717, 1.165) is 10.6 Å². The van der Waals surface area contributed by atoms with Crippen LogP contribution in [0.25, 0.3) is 0 Å². The summed E-state index contributed by atoms with van der Waals surface area (Å²) in [5, 5.41) is 0. The zero-order valence-corrected chi connectivity index (χ0v) is 17.6. The van der Waals surface area contributed by atoms with E-state index in [9.17, 15) is 28.2 Å². The number of ether oxygens (including phenoxy) is 1. The molecule has 2 rings (SSSR count). The number of H-pyrrole nitrogens is 1. The van der Waals surface area contributed by atoms with Gasteiger partial charge in [-0.05, 0) is 12.8 Å². The van der Waals surface area contributed by atoms with Crippen molar-refractivity contribution >= 4 is 35.1 Å². The van der Waals surface area contributed by atoms with Crippen LogP contribution in [0, 0.1) is 0 Å². The summed E-state index contributed by atoms with van der Waals surface area (Å²) >= 11 is 5.84. The van der Waals surface area contributed by atoms with Gasteiger partial charge in [-0.2, -0.15) is 8.62 Å². The molecule has 1 aromatic rings. The van der Waals surface area contributed by atoms with Gasteiger partial charge in [-0.15, -0.1) is 11.6 Å². The standard InChI is InChI=1S/C10H16ClN2O13P3/c11-5-10(3-1-8(24-10)13-4-2-7(14)12-9(13)15)6-23-28(19,20)26-29(21,22)25-27(16,17)18/h2,4,8H,1,3,5-6H2,(H,19,20)(H,21,22)(H,12,14,15)(H2,16,17,18)/t8-,10-/m1/s1. The fourth-order valence-electron chi connectivity index (χ4n) is 2.39. The summed E-state index contributed by atoms with van der Waals surface area (Å²) in [7, 11) is -16.5. The summed E-state index contributed by atoms with van der Waals surface area (Å²) in [4.78, 5) is 60.6. The van der Waals surface area contributed by atoms with Crippen molar-refractivity contribution in [1.29, 1.82) is 0 Å². The number of hydrogen-bond donors (Lipinski definition) is 5. The molecule has 19 heteroatoms. The number of phosphoric acid groups is 3. The number of alkyl halides is 1. The van der Waals surface area contributed by atoms with Crippen molar-refractivity contribution in [3.05, 3.63) is 33.1 Å².